The molecule has 30 heavy (non-hydrogen) atoms. The van der Waals surface area contributed by atoms with Crippen LogP contribution in [0.2, 0.25) is 10.0 Å². The van der Waals surface area contributed by atoms with Crippen molar-refractivity contribution in [1.29, 1.82) is 0 Å². The van der Waals surface area contributed by atoms with E-state index < -0.39 is 18.0 Å². The molecule has 0 saturated heterocycles. The minimum atomic E-state index is -2.82. The third kappa shape index (κ3) is 4.46. The summed E-state index contributed by atoms with van der Waals surface area (Å²) in [4.78, 5) is 12.5. The van der Waals surface area contributed by atoms with Gasteiger partial charge in [0.15, 0.2) is 5.82 Å². The van der Waals surface area contributed by atoms with E-state index in [4.69, 9.17) is 23.2 Å². The lowest BCUT2D eigenvalue weighted by molar-refractivity contribution is -0.117. The van der Waals surface area contributed by atoms with E-state index in [0.717, 1.165) is 18.4 Å². The first kappa shape index (κ1) is 20.7. The van der Waals surface area contributed by atoms with E-state index >= 15 is 0 Å². The number of nitrogens with one attached hydrogen (secondary N) is 1. The maximum atomic E-state index is 13.1. The van der Waals surface area contributed by atoms with Crippen LogP contribution >= 0.6 is 23.2 Å². The van der Waals surface area contributed by atoms with Crippen molar-refractivity contribution in [3.05, 3.63) is 63.3 Å². The first-order valence-corrected chi connectivity index (χ1v) is 9.89. The molecule has 2 heterocycles. The second-order valence-corrected chi connectivity index (χ2v) is 7.80. The zero-order valence-electron chi connectivity index (χ0n) is 15.5. The number of nitrogens with zero attached hydrogens (tertiary/aromatic N) is 4. The predicted octanol–water partition coefficient (Wildman–Crippen LogP) is 5.03. The maximum Gasteiger partial charge on any atom is 0.283 e. The molecule has 3 aromatic rings. The van der Waals surface area contributed by atoms with Gasteiger partial charge in [-0.05, 0) is 30.5 Å². The molecule has 1 aromatic carbocycles. The number of carbonyl (C=O) groups excluding carboxylic acids is 1. The van der Waals surface area contributed by atoms with Crippen molar-refractivity contribution < 1.29 is 18.0 Å². The molecule has 0 bridgehead atoms. The van der Waals surface area contributed by atoms with Crippen LogP contribution < -0.4 is 5.32 Å². The van der Waals surface area contributed by atoms with Gasteiger partial charge in [-0.3, -0.25) is 14.2 Å². The van der Waals surface area contributed by atoms with Gasteiger partial charge in [0.1, 0.15) is 23.1 Å². The van der Waals surface area contributed by atoms with Crippen molar-refractivity contribution in [2.24, 2.45) is 0 Å². The molecule has 2 aromatic heterocycles. The van der Waals surface area contributed by atoms with E-state index in [1.165, 1.54) is 27.7 Å². The van der Waals surface area contributed by atoms with Crippen molar-refractivity contribution in [3.8, 4) is 0 Å². The van der Waals surface area contributed by atoms with Crippen molar-refractivity contribution in [2.75, 3.05) is 5.32 Å². The van der Waals surface area contributed by atoms with Gasteiger partial charge in [0.05, 0.1) is 17.3 Å². The Balaban J connectivity index is 1.46. The van der Waals surface area contributed by atoms with Crippen molar-refractivity contribution >= 4 is 34.9 Å². The molecule has 1 amide bonds. The normalized spacial score (nSPS) is 13.8. The molecule has 0 aliphatic heterocycles. The van der Waals surface area contributed by atoms with Gasteiger partial charge in [-0.25, -0.2) is 13.2 Å². The van der Waals surface area contributed by atoms with E-state index in [-0.39, 0.29) is 34.1 Å². The molecule has 0 atom stereocenters. The van der Waals surface area contributed by atoms with Gasteiger partial charge < -0.3 is 5.32 Å². The lowest BCUT2D eigenvalue weighted by atomic mass is 10.2. The summed E-state index contributed by atoms with van der Waals surface area (Å²) in [7, 11) is 0. The van der Waals surface area contributed by atoms with Crippen molar-refractivity contribution in [1.82, 2.24) is 19.6 Å². The summed E-state index contributed by atoms with van der Waals surface area (Å²) in [5, 5.41) is 10.7. The largest absolute Gasteiger partial charge is 0.306 e. The highest BCUT2D eigenvalue weighted by Gasteiger charge is 2.34. The first-order valence-electron chi connectivity index (χ1n) is 9.13. The molecule has 11 heteroatoms. The second-order valence-electron chi connectivity index (χ2n) is 7.01. The lowest BCUT2D eigenvalue weighted by Crippen LogP contribution is -2.21. The van der Waals surface area contributed by atoms with Crippen LogP contribution in [0.1, 0.15) is 42.1 Å². The number of hydrogen-bond acceptors (Lipinski definition) is 3. The third-order valence-electron chi connectivity index (χ3n) is 4.65. The smallest absolute Gasteiger partial charge is 0.283 e. The second kappa shape index (κ2) is 8.31. The monoisotopic (exact) mass is 457 g/mol. The fourth-order valence-electron chi connectivity index (χ4n) is 3.13. The Morgan fingerprint density at radius 3 is 2.53 bits per heavy atom. The molecule has 1 aliphatic carbocycles. The number of rotatable bonds is 7. The number of hydrogen-bond donors (Lipinski definition) is 1. The molecule has 6 nitrogen and oxygen atoms in total. The highest BCUT2D eigenvalue weighted by atomic mass is 35.5. The number of amides is 1. The summed E-state index contributed by atoms with van der Waals surface area (Å²) in [5.74, 6) is -0.705. The Bertz CT molecular complexity index is 1080. The molecule has 1 saturated carbocycles. The van der Waals surface area contributed by atoms with E-state index in [1.54, 1.807) is 12.1 Å². The van der Waals surface area contributed by atoms with E-state index in [9.17, 15) is 18.0 Å². The number of anilines is 1. The minimum Gasteiger partial charge on any atom is -0.306 e. The maximum absolute atomic E-state index is 13.1. The number of carbonyl (C=O) groups is 1. The number of benzene rings is 1. The van der Waals surface area contributed by atoms with Gasteiger partial charge in [-0.1, -0.05) is 35.3 Å². The van der Waals surface area contributed by atoms with Gasteiger partial charge in [0, 0.05) is 12.1 Å². The van der Waals surface area contributed by atoms with Crippen LogP contribution in [0.25, 0.3) is 0 Å². The Kier molecular flexibility index (Phi) is 5.75. The predicted molar refractivity (Wildman–Crippen MR) is 106 cm³/mol. The van der Waals surface area contributed by atoms with E-state index in [1.807, 2.05) is 0 Å². The Hall–Kier alpha value is -2.52. The van der Waals surface area contributed by atoms with Crippen LogP contribution in [0.4, 0.5) is 19.0 Å². The van der Waals surface area contributed by atoms with Crippen LogP contribution in [0.5, 0.6) is 0 Å². The van der Waals surface area contributed by atoms with Gasteiger partial charge in [0.2, 0.25) is 5.91 Å². The van der Waals surface area contributed by atoms with Crippen molar-refractivity contribution in [2.45, 2.75) is 38.3 Å². The van der Waals surface area contributed by atoms with Gasteiger partial charge in [-0.2, -0.15) is 10.2 Å². The lowest BCUT2D eigenvalue weighted by Gasteiger charge is -2.07. The number of aromatic nitrogens is 4. The van der Waals surface area contributed by atoms with Crippen LogP contribution in [0.15, 0.2) is 30.5 Å². The summed E-state index contributed by atoms with van der Waals surface area (Å²) in [5.41, 5.74) is 0.733. The minimum absolute atomic E-state index is 0.0313. The Labute approximate surface area is 179 Å². The topological polar surface area (TPSA) is 64.7 Å². The van der Waals surface area contributed by atoms with Gasteiger partial charge >= 0.3 is 0 Å². The molecular weight excluding hydrogens is 442 g/mol. The SMILES string of the molecule is O=C(Cn1nc(C(F)F)c(Cl)c1C1CC1)Nc1nn(Cc2ccc(F)cc2)cc1Cl. The van der Waals surface area contributed by atoms with Crippen LogP contribution in [-0.2, 0) is 17.9 Å². The number of alkyl halides is 2. The van der Waals surface area contributed by atoms with Crippen LogP contribution in [-0.4, -0.2) is 25.5 Å². The van der Waals surface area contributed by atoms with Gasteiger partial charge in [0.25, 0.3) is 6.43 Å². The van der Waals surface area contributed by atoms with E-state index in [0.29, 0.717) is 12.2 Å². The molecule has 1 N–H and O–H groups in total. The quantitative estimate of drug-likeness (QED) is 0.541. The van der Waals surface area contributed by atoms with Gasteiger partial charge in [-0.15, -0.1) is 0 Å². The summed E-state index contributed by atoms with van der Waals surface area (Å²) < 4.78 is 42.0. The number of halogens is 5. The molecular formula is C19H16Cl2F3N5O. The van der Waals surface area contributed by atoms with E-state index in [2.05, 4.69) is 15.5 Å². The average Bonchev–Trinajstić information content (AvgIpc) is 3.38. The molecule has 158 valence electrons. The van der Waals surface area contributed by atoms with Crippen LogP contribution in [0, 0.1) is 5.82 Å². The summed E-state index contributed by atoms with van der Waals surface area (Å²) in [6, 6.07) is 5.90. The molecule has 0 spiro atoms. The standard InChI is InChI=1S/C19H16Cl2F3N5O/c20-13-8-28(7-10-1-5-12(22)6-2-10)27-19(13)25-14(30)9-29-17(11-3-4-11)15(21)16(26-29)18(23)24/h1-2,5-6,8,11,18H,3-4,7,9H2,(H,25,27,30). The fourth-order valence-corrected chi connectivity index (χ4v) is 3.70. The summed E-state index contributed by atoms with van der Waals surface area (Å²) >= 11 is 12.2. The molecule has 1 fully saturated rings. The highest BCUT2D eigenvalue weighted by Crippen LogP contribution is 2.45. The molecule has 0 unspecified atom stereocenters. The van der Waals surface area contributed by atoms with Crippen molar-refractivity contribution in [3.63, 3.8) is 0 Å². The molecule has 0 radical (unpaired) electrons. The average molecular weight is 458 g/mol. The Morgan fingerprint density at radius 2 is 1.90 bits per heavy atom. The Morgan fingerprint density at radius 1 is 1.20 bits per heavy atom. The zero-order valence-corrected chi connectivity index (χ0v) is 17.0. The fraction of sp³-hybridized carbons (Fsp3) is 0.316. The van der Waals surface area contributed by atoms with Crippen LogP contribution in [0.3, 0.4) is 0 Å². The first-order chi connectivity index (χ1) is 14.3. The molecule has 4 rings (SSSR count). The summed E-state index contributed by atoms with van der Waals surface area (Å²) in [6.45, 7) is 0.0354. The molecule has 1 aliphatic rings. The third-order valence-corrected chi connectivity index (χ3v) is 5.32. The zero-order chi connectivity index (χ0) is 21.4. The summed E-state index contributed by atoms with van der Waals surface area (Å²) in [6.07, 6.45) is 0.330. The highest BCUT2D eigenvalue weighted by molar-refractivity contribution is 6.33.